The number of aliphatic hydroxyl groups excluding tert-OH is 1. The second-order valence-corrected chi connectivity index (χ2v) is 6.91. The maximum Gasteiger partial charge on any atom is 0.309 e. The van der Waals surface area contributed by atoms with Gasteiger partial charge in [-0.1, -0.05) is 13.8 Å². The van der Waals surface area contributed by atoms with E-state index >= 15 is 0 Å². The molecule has 7 heteroatoms. The summed E-state index contributed by atoms with van der Waals surface area (Å²) in [5, 5.41) is 23.4. The van der Waals surface area contributed by atoms with Crippen molar-refractivity contribution in [2.45, 2.75) is 53.6 Å². The monoisotopic (exact) mass is 316 g/mol. The molecule has 1 atom stereocenters. The van der Waals surface area contributed by atoms with Crippen molar-refractivity contribution in [3.8, 4) is 0 Å². The SMILES string of the molecule is CC(O)CC(=O)NCCNC(=O)C(C)(C)CC(C)(C)C(=O)O. The fraction of sp³-hybridized carbons (Fsp3) is 0.800. The number of carbonyl (C=O) groups excluding carboxylic acids is 2. The molecule has 4 N–H and O–H groups in total. The highest BCUT2D eigenvalue weighted by Gasteiger charge is 2.38. The first-order chi connectivity index (χ1) is 9.88. The van der Waals surface area contributed by atoms with Gasteiger partial charge >= 0.3 is 5.97 Å². The van der Waals surface area contributed by atoms with Gasteiger partial charge in [-0.25, -0.2) is 0 Å². The van der Waals surface area contributed by atoms with Crippen molar-refractivity contribution in [1.82, 2.24) is 10.6 Å². The molecule has 0 aliphatic rings. The molecule has 0 bridgehead atoms. The molecule has 0 saturated carbocycles. The Morgan fingerprint density at radius 1 is 1.00 bits per heavy atom. The van der Waals surface area contributed by atoms with Gasteiger partial charge in [0.1, 0.15) is 0 Å². The Hall–Kier alpha value is -1.63. The molecule has 0 aliphatic heterocycles. The van der Waals surface area contributed by atoms with Crippen LogP contribution in [0.4, 0.5) is 0 Å². The van der Waals surface area contributed by atoms with Gasteiger partial charge in [0, 0.05) is 18.5 Å². The van der Waals surface area contributed by atoms with Crippen LogP contribution in [0, 0.1) is 10.8 Å². The van der Waals surface area contributed by atoms with E-state index in [9.17, 15) is 14.4 Å². The second-order valence-electron chi connectivity index (χ2n) is 6.91. The summed E-state index contributed by atoms with van der Waals surface area (Å²) in [6.45, 7) is 8.59. The molecule has 0 spiro atoms. The average Bonchev–Trinajstić information content (AvgIpc) is 2.31. The van der Waals surface area contributed by atoms with Gasteiger partial charge < -0.3 is 20.8 Å². The van der Waals surface area contributed by atoms with E-state index in [4.69, 9.17) is 10.2 Å². The number of hydrogen-bond donors (Lipinski definition) is 4. The quantitative estimate of drug-likeness (QED) is 0.463. The lowest BCUT2D eigenvalue weighted by Gasteiger charge is -2.31. The number of carboxylic acid groups (broad SMARTS) is 1. The zero-order chi connectivity index (χ0) is 17.6. The number of amides is 2. The lowest BCUT2D eigenvalue weighted by Crippen LogP contribution is -2.44. The highest BCUT2D eigenvalue weighted by Crippen LogP contribution is 2.33. The highest BCUT2D eigenvalue weighted by molar-refractivity contribution is 5.83. The molecule has 7 nitrogen and oxygen atoms in total. The van der Waals surface area contributed by atoms with Crippen LogP contribution in [0.3, 0.4) is 0 Å². The van der Waals surface area contributed by atoms with Crippen LogP contribution >= 0.6 is 0 Å². The van der Waals surface area contributed by atoms with Gasteiger partial charge in [-0.05, 0) is 27.2 Å². The predicted octanol–water partition coefficient (Wildman–Crippen LogP) is 0.517. The van der Waals surface area contributed by atoms with Gasteiger partial charge in [0.15, 0.2) is 0 Å². The molecule has 0 heterocycles. The average molecular weight is 316 g/mol. The first-order valence-corrected chi connectivity index (χ1v) is 7.35. The topological polar surface area (TPSA) is 116 Å². The van der Waals surface area contributed by atoms with Gasteiger partial charge in [0.05, 0.1) is 17.9 Å². The van der Waals surface area contributed by atoms with Crippen molar-refractivity contribution >= 4 is 17.8 Å². The minimum Gasteiger partial charge on any atom is -0.481 e. The van der Waals surface area contributed by atoms with Crippen molar-refractivity contribution in [2.75, 3.05) is 13.1 Å². The van der Waals surface area contributed by atoms with Gasteiger partial charge in [0.25, 0.3) is 0 Å². The van der Waals surface area contributed by atoms with Crippen LogP contribution < -0.4 is 10.6 Å². The molecule has 0 saturated heterocycles. The first-order valence-electron chi connectivity index (χ1n) is 7.35. The molecule has 0 aromatic carbocycles. The molecule has 0 radical (unpaired) electrons. The smallest absolute Gasteiger partial charge is 0.309 e. The van der Waals surface area contributed by atoms with Gasteiger partial charge in [-0.2, -0.15) is 0 Å². The summed E-state index contributed by atoms with van der Waals surface area (Å²) in [6.07, 6.45) is -0.478. The van der Waals surface area contributed by atoms with Crippen LogP contribution in [0.2, 0.25) is 0 Å². The molecular weight excluding hydrogens is 288 g/mol. The van der Waals surface area contributed by atoms with Crippen LogP contribution in [0.25, 0.3) is 0 Å². The van der Waals surface area contributed by atoms with E-state index in [0.29, 0.717) is 0 Å². The Balaban J connectivity index is 4.25. The zero-order valence-electron chi connectivity index (χ0n) is 14.0. The molecular formula is C15H28N2O5. The maximum atomic E-state index is 12.1. The summed E-state index contributed by atoms with van der Waals surface area (Å²) in [7, 11) is 0. The number of carboxylic acids is 1. The van der Waals surface area contributed by atoms with Crippen LogP contribution in [0.15, 0.2) is 0 Å². The van der Waals surface area contributed by atoms with E-state index in [-0.39, 0.29) is 37.7 Å². The summed E-state index contributed by atoms with van der Waals surface area (Å²) in [4.78, 5) is 34.6. The zero-order valence-corrected chi connectivity index (χ0v) is 14.0. The summed E-state index contributed by atoms with van der Waals surface area (Å²) in [6, 6.07) is 0. The minimum absolute atomic E-state index is 0.0201. The third-order valence-electron chi connectivity index (χ3n) is 3.29. The molecule has 2 amide bonds. The lowest BCUT2D eigenvalue weighted by atomic mass is 9.74. The largest absolute Gasteiger partial charge is 0.481 e. The van der Waals surface area contributed by atoms with Gasteiger partial charge in [-0.3, -0.25) is 14.4 Å². The molecule has 0 aromatic rings. The fourth-order valence-corrected chi connectivity index (χ4v) is 2.22. The molecule has 0 aromatic heterocycles. The molecule has 0 fully saturated rings. The van der Waals surface area contributed by atoms with E-state index in [1.807, 2.05) is 0 Å². The van der Waals surface area contributed by atoms with E-state index in [2.05, 4.69) is 10.6 Å². The second kappa shape index (κ2) is 8.12. The lowest BCUT2D eigenvalue weighted by molar-refractivity contribution is -0.149. The predicted molar refractivity (Wildman–Crippen MR) is 82.1 cm³/mol. The van der Waals surface area contributed by atoms with Gasteiger partial charge in [0.2, 0.25) is 11.8 Å². The Bertz CT molecular complexity index is 416. The van der Waals surface area contributed by atoms with Crippen LogP contribution in [-0.4, -0.2) is 47.2 Å². The number of nitrogens with one attached hydrogen (secondary N) is 2. The molecule has 128 valence electrons. The van der Waals surface area contributed by atoms with Crippen molar-refractivity contribution in [3.63, 3.8) is 0 Å². The number of hydrogen-bond acceptors (Lipinski definition) is 4. The Morgan fingerprint density at radius 3 is 1.95 bits per heavy atom. The van der Waals surface area contributed by atoms with E-state index in [0.717, 1.165) is 0 Å². The maximum absolute atomic E-state index is 12.1. The van der Waals surface area contributed by atoms with E-state index in [1.165, 1.54) is 6.92 Å². The fourth-order valence-electron chi connectivity index (χ4n) is 2.22. The van der Waals surface area contributed by atoms with Crippen molar-refractivity contribution in [3.05, 3.63) is 0 Å². The number of aliphatic hydroxyl groups is 1. The summed E-state index contributed by atoms with van der Waals surface area (Å²) in [5.41, 5.74) is -1.82. The van der Waals surface area contributed by atoms with Crippen molar-refractivity contribution in [2.24, 2.45) is 10.8 Å². The summed E-state index contributed by atoms with van der Waals surface area (Å²) >= 11 is 0. The number of carbonyl (C=O) groups is 3. The standard InChI is InChI=1S/C15H28N2O5/c1-10(18)8-11(19)16-6-7-17-12(20)14(2,3)9-15(4,5)13(21)22/h10,18H,6-9H2,1-5H3,(H,16,19)(H,17,20)(H,21,22). The van der Waals surface area contributed by atoms with E-state index < -0.39 is 22.9 Å². The minimum atomic E-state index is -0.994. The van der Waals surface area contributed by atoms with E-state index in [1.54, 1.807) is 27.7 Å². The van der Waals surface area contributed by atoms with Crippen molar-refractivity contribution < 1.29 is 24.6 Å². The molecule has 0 rings (SSSR count). The van der Waals surface area contributed by atoms with Crippen LogP contribution in [0.1, 0.15) is 47.5 Å². The Kier molecular flexibility index (Phi) is 7.52. The summed E-state index contributed by atoms with van der Waals surface area (Å²) < 4.78 is 0. The third-order valence-corrected chi connectivity index (χ3v) is 3.29. The number of rotatable bonds is 9. The van der Waals surface area contributed by atoms with Crippen LogP contribution in [0.5, 0.6) is 0 Å². The highest BCUT2D eigenvalue weighted by atomic mass is 16.4. The normalized spacial score (nSPS) is 13.4. The first kappa shape index (κ1) is 20.4. The van der Waals surface area contributed by atoms with Crippen molar-refractivity contribution in [1.29, 1.82) is 0 Å². The number of aliphatic carboxylic acids is 1. The molecule has 1 unspecified atom stereocenters. The Labute approximate surface area is 131 Å². The van der Waals surface area contributed by atoms with Gasteiger partial charge in [-0.15, -0.1) is 0 Å². The summed E-state index contributed by atoms with van der Waals surface area (Å²) in [5.74, 6) is -1.49. The molecule has 0 aliphatic carbocycles. The third kappa shape index (κ3) is 7.40. The Morgan fingerprint density at radius 2 is 1.50 bits per heavy atom. The molecule has 22 heavy (non-hydrogen) atoms. The van der Waals surface area contributed by atoms with Crippen LogP contribution in [-0.2, 0) is 14.4 Å².